The number of carbonyl (C=O) groups excluding carboxylic acids is 2. The number of amides is 2. The molecule has 5 N–H and O–H groups in total. The standard InChI is InChI=1S/C22H33BN4O6S/c1-16(2)13-18(15-24)21(28)25-12-8-7-11-19(27-34(3,32)33)22(29)26-20(23(30)31)14-17-9-5-4-6-10-17/h4-6,9-10,13,16,19-20,27,30-31H,7-8,11-12,14H2,1-3H3,(H,25,28)(H,26,29). The fourth-order valence-electron chi connectivity index (χ4n) is 3.15. The van der Waals surface area contributed by atoms with Crippen molar-refractivity contribution in [3.63, 3.8) is 0 Å². The van der Waals surface area contributed by atoms with Crippen molar-refractivity contribution >= 4 is 29.0 Å². The minimum absolute atomic E-state index is 0.0259. The fraction of sp³-hybridized carbons (Fsp3) is 0.500. The van der Waals surface area contributed by atoms with Crippen molar-refractivity contribution in [1.82, 2.24) is 15.4 Å². The number of carbonyl (C=O) groups is 2. The van der Waals surface area contributed by atoms with Crippen molar-refractivity contribution in [1.29, 1.82) is 5.26 Å². The molecule has 0 spiro atoms. The van der Waals surface area contributed by atoms with Gasteiger partial charge in [0.25, 0.3) is 5.91 Å². The second-order valence-corrected chi connectivity index (χ2v) is 10.1. The molecule has 1 rings (SSSR count). The summed E-state index contributed by atoms with van der Waals surface area (Å²) in [5.41, 5.74) is 0.797. The normalized spacial score (nSPS) is 13.6. The first-order valence-electron chi connectivity index (χ1n) is 11.0. The van der Waals surface area contributed by atoms with Gasteiger partial charge in [-0.3, -0.25) is 9.59 Å². The van der Waals surface area contributed by atoms with Gasteiger partial charge >= 0.3 is 7.12 Å². The number of hydrogen-bond acceptors (Lipinski definition) is 7. The molecule has 0 aromatic heterocycles. The zero-order valence-electron chi connectivity index (χ0n) is 19.7. The molecule has 0 bridgehead atoms. The van der Waals surface area contributed by atoms with Gasteiger partial charge in [0.2, 0.25) is 15.9 Å². The molecule has 0 heterocycles. The number of nitriles is 1. The van der Waals surface area contributed by atoms with Crippen LogP contribution in [0.3, 0.4) is 0 Å². The highest BCUT2D eigenvalue weighted by Crippen LogP contribution is 2.08. The van der Waals surface area contributed by atoms with Crippen LogP contribution in [-0.4, -0.2) is 62.2 Å². The van der Waals surface area contributed by atoms with E-state index in [1.54, 1.807) is 30.3 Å². The first kappa shape index (κ1) is 29.3. The lowest BCUT2D eigenvalue weighted by Gasteiger charge is -2.22. The Bertz CT molecular complexity index is 977. The van der Waals surface area contributed by atoms with Crippen LogP contribution in [0.15, 0.2) is 42.0 Å². The number of nitrogens with zero attached hydrogens (tertiary/aromatic N) is 1. The van der Waals surface area contributed by atoms with Crippen molar-refractivity contribution in [2.45, 2.75) is 51.5 Å². The Morgan fingerprint density at radius 3 is 2.35 bits per heavy atom. The zero-order chi connectivity index (χ0) is 25.7. The summed E-state index contributed by atoms with van der Waals surface area (Å²) in [5.74, 6) is -2.16. The zero-order valence-corrected chi connectivity index (χ0v) is 20.5. The van der Waals surface area contributed by atoms with Crippen LogP contribution in [0.25, 0.3) is 0 Å². The molecule has 0 aliphatic heterocycles. The molecular weight excluding hydrogens is 459 g/mol. The molecule has 0 aliphatic rings. The second kappa shape index (κ2) is 14.5. The number of nitrogens with one attached hydrogen (secondary N) is 3. The van der Waals surface area contributed by atoms with Crippen LogP contribution in [0.2, 0.25) is 0 Å². The lowest BCUT2D eigenvalue weighted by Crippen LogP contribution is -2.54. The molecule has 1 aromatic carbocycles. The van der Waals surface area contributed by atoms with Gasteiger partial charge in [-0.2, -0.15) is 5.26 Å². The Hall–Kier alpha value is -2.72. The van der Waals surface area contributed by atoms with Crippen molar-refractivity contribution in [2.75, 3.05) is 12.8 Å². The van der Waals surface area contributed by atoms with Gasteiger partial charge in [0.1, 0.15) is 17.7 Å². The van der Waals surface area contributed by atoms with Gasteiger partial charge in [-0.25, -0.2) is 13.1 Å². The highest BCUT2D eigenvalue weighted by molar-refractivity contribution is 7.88. The molecule has 0 saturated heterocycles. The number of hydrogen-bond donors (Lipinski definition) is 5. The molecule has 1 aromatic rings. The van der Waals surface area contributed by atoms with Gasteiger partial charge in [-0.15, -0.1) is 0 Å². The van der Waals surface area contributed by atoms with Crippen LogP contribution in [-0.2, 0) is 26.0 Å². The molecule has 0 aliphatic carbocycles. The number of allylic oxidation sites excluding steroid dienone is 1. The largest absolute Gasteiger partial charge is 0.475 e. The summed E-state index contributed by atoms with van der Waals surface area (Å²) in [4.78, 5) is 24.8. The maximum Gasteiger partial charge on any atom is 0.475 e. The van der Waals surface area contributed by atoms with Gasteiger partial charge in [-0.05, 0) is 37.2 Å². The smallest absolute Gasteiger partial charge is 0.426 e. The second-order valence-electron chi connectivity index (χ2n) is 8.35. The summed E-state index contributed by atoms with van der Waals surface area (Å²) in [5, 5.41) is 33.6. The quantitative estimate of drug-likeness (QED) is 0.106. The van der Waals surface area contributed by atoms with E-state index in [0.29, 0.717) is 12.8 Å². The third-order valence-electron chi connectivity index (χ3n) is 4.73. The molecule has 34 heavy (non-hydrogen) atoms. The average Bonchev–Trinajstić information content (AvgIpc) is 2.75. The molecule has 0 saturated carbocycles. The van der Waals surface area contributed by atoms with Crippen LogP contribution >= 0.6 is 0 Å². The lowest BCUT2D eigenvalue weighted by atomic mass is 9.75. The van der Waals surface area contributed by atoms with E-state index in [9.17, 15) is 28.1 Å². The topological polar surface area (TPSA) is 169 Å². The minimum Gasteiger partial charge on any atom is -0.426 e. The van der Waals surface area contributed by atoms with Gasteiger partial charge in [0, 0.05) is 6.54 Å². The summed E-state index contributed by atoms with van der Waals surface area (Å²) >= 11 is 0. The maximum atomic E-state index is 12.8. The fourth-order valence-corrected chi connectivity index (χ4v) is 3.89. The number of rotatable bonds is 14. The van der Waals surface area contributed by atoms with E-state index >= 15 is 0 Å². The van der Waals surface area contributed by atoms with Crippen molar-refractivity contribution in [3.05, 3.63) is 47.5 Å². The summed E-state index contributed by atoms with van der Waals surface area (Å²) in [6.45, 7) is 3.95. The summed E-state index contributed by atoms with van der Waals surface area (Å²) in [7, 11) is -5.56. The first-order chi connectivity index (χ1) is 15.9. The average molecular weight is 492 g/mol. The molecule has 0 radical (unpaired) electrons. The molecule has 12 heteroatoms. The summed E-state index contributed by atoms with van der Waals surface area (Å²) < 4.78 is 25.8. The maximum absolute atomic E-state index is 12.8. The molecule has 10 nitrogen and oxygen atoms in total. The number of unbranched alkanes of at least 4 members (excludes halogenated alkanes) is 1. The molecule has 2 unspecified atom stereocenters. The van der Waals surface area contributed by atoms with Crippen LogP contribution in [0.5, 0.6) is 0 Å². The first-order valence-corrected chi connectivity index (χ1v) is 12.9. The molecule has 2 amide bonds. The third-order valence-corrected chi connectivity index (χ3v) is 5.44. The summed E-state index contributed by atoms with van der Waals surface area (Å²) in [6, 6.07) is 9.65. The van der Waals surface area contributed by atoms with Crippen molar-refractivity contribution in [3.8, 4) is 6.07 Å². The molecular formula is C22H33BN4O6S. The van der Waals surface area contributed by atoms with E-state index in [1.807, 2.05) is 26.0 Å². The van der Waals surface area contributed by atoms with E-state index in [-0.39, 0.29) is 30.9 Å². The Morgan fingerprint density at radius 2 is 1.82 bits per heavy atom. The van der Waals surface area contributed by atoms with Gasteiger partial charge < -0.3 is 20.7 Å². The summed E-state index contributed by atoms with van der Waals surface area (Å²) in [6.07, 6.45) is 3.60. The third kappa shape index (κ3) is 11.9. The predicted octanol–water partition coefficient (Wildman–Crippen LogP) is 0.0362. The van der Waals surface area contributed by atoms with Crippen LogP contribution in [0.4, 0.5) is 0 Å². The van der Waals surface area contributed by atoms with Gasteiger partial charge in [0.05, 0.1) is 12.2 Å². The van der Waals surface area contributed by atoms with Crippen LogP contribution < -0.4 is 15.4 Å². The molecule has 186 valence electrons. The minimum atomic E-state index is -3.71. The molecule has 0 fully saturated rings. The highest BCUT2D eigenvalue weighted by Gasteiger charge is 2.29. The Kier molecular flexibility index (Phi) is 12.5. The Morgan fingerprint density at radius 1 is 1.18 bits per heavy atom. The van der Waals surface area contributed by atoms with E-state index in [2.05, 4.69) is 15.4 Å². The van der Waals surface area contributed by atoms with Crippen molar-refractivity contribution in [2.24, 2.45) is 5.92 Å². The lowest BCUT2D eigenvalue weighted by molar-refractivity contribution is -0.123. The van der Waals surface area contributed by atoms with Crippen LogP contribution in [0, 0.1) is 17.2 Å². The Labute approximate surface area is 201 Å². The highest BCUT2D eigenvalue weighted by atomic mass is 32.2. The number of sulfonamides is 1. The van der Waals surface area contributed by atoms with E-state index < -0.39 is 40.9 Å². The monoisotopic (exact) mass is 492 g/mol. The Balaban J connectivity index is 2.69. The SMILES string of the molecule is CC(C)C=C(C#N)C(=O)NCCCCC(NS(C)(=O)=O)C(=O)NC(Cc1ccccc1)B(O)O. The molecule has 2 atom stereocenters. The van der Waals surface area contributed by atoms with E-state index in [1.165, 1.54) is 0 Å². The predicted molar refractivity (Wildman–Crippen MR) is 129 cm³/mol. The van der Waals surface area contributed by atoms with Gasteiger partial charge in [0.15, 0.2) is 0 Å². The van der Waals surface area contributed by atoms with E-state index in [0.717, 1.165) is 11.8 Å². The van der Waals surface area contributed by atoms with Gasteiger partial charge in [-0.1, -0.05) is 50.3 Å². The number of benzene rings is 1. The van der Waals surface area contributed by atoms with Crippen molar-refractivity contribution < 1.29 is 28.1 Å². The van der Waals surface area contributed by atoms with E-state index in [4.69, 9.17) is 5.26 Å². The van der Waals surface area contributed by atoms with Crippen LogP contribution in [0.1, 0.15) is 38.7 Å².